The summed E-state index contributed by atoms with van der Waals surface area (Å²) >= 11 is 1.23. The Morgan fingerprint density at radius 2 is 1.79 bits per heavy atom. The summed E-state index contributed by atoms with van der Waals surface area (Å²) in [6, 6.07) is 19.5. The van der Waals surface area contributed by atoms with Crippen LogP contribution in [-0.4, -0.2) is 29.0 Å². The van der Waals surface area contributed by atoms with Gasteiger partial charge in [-0.1, -0.05) is 42.5 Å². The number of carbonyl (C=O) groups is 2. The van der Waals surface area contributed by atoms with Crippen LogP contribution in [0.5, 0.6) is 5.75 Å². The Bertz CT molecular complexity index is 1250. The molecule has 0 aliphatic carbocycles. The highest BCUT2D eigenvalue weighted by atomic mass is 32.2. The molecule has 6 nitrogen and oxygen atoms in total. The van der Waals surface area contributed by atoms with Crippen LogP contribution in [0.3, 0.4) is 0 Å². The van der Waals surface area contributed by atoms with E-state index in [1.165, 1.54) is 34.9 Å². The molecule has 0 N–H and O–H groups in total. The number of thioether (sulfide) groups is 1. The zero-order chi connectivity index (χ0) is 23.4. The predicted molar refractivity (Wildman–Crippen MR) is 123 cm³/mol. The first-order chi connectivity index (χ1) is 15.9. The van der Waals surface area contributed by atoms with Crippen molar-refractivity contribution >= 4 is 40.6 Å². The molecule has 0 bridgehead atoms. The second-order valence-corrected chi connectivity index (χ2v) is 8.16. The van der Waals surface area contributed by atoms with Crippen molar-refractivity contribution in [3.05, 3.63) is 100 Å². The molecule has 8 heteroatoms. The third-order valence-corrected chi connectivity index (χ3v) is 5.92. The zero-order valence-electron chi connectivity index (χ0n) is 17.5. The summed E-state index contributed by atoms with van der Waals surface area (Å²) < 4.78 is 19.4. The predicted octanol–water partition coefficient (Wildman–Crippen LogP) is 4.00. The van der Waals surface area contributed by atoms with Crippen molar-refractivity contribution in [3.8, 4) is 5.75 Å². The van der Waals surface area contributed by atoms with E-state index >= 15 is 0 Å². The lowest BCUT2D eigenvalue weighted by atomic mass is 10.2. The Balaban J connectivity index is 1.44. The van der Waals surface area contributed by atoms with Gasteiger partial charge in [0.25, 0.3) is 5.91 Å². The Labute approximate surface area is 194 Å². The summed E-state index contributed by atoms with van der Waals surface area (Å²) in [5, 5.41) is 11.4. The van der Waals surface area contributed by atoms with Crippen LogP contribution in [-0.2, 0) is 11.4 Å². The second kappa shape index (κ2) is 9.70. The molecule has 3 aromatic rings. The van der Waals surface area contributed by atoms with Crippen molar-refractivity contribution in [2.75, 3.05) is 7.05 Å². The van der Waals surface area contributed by atoms with Crippen molar-refractivity contribution < 1.29 is 23.8 Å². The number of likely N-dealkylation sites (N-methyl/N-ethyl adjacent to an activating group) is 1. The summed E-state index contributed by atoms with van der Waals surface area (Å²) in [4.78, 5) is 29.9. The molecule has 1 aliphatic rings. The fraction of sp³-hybridized carbons (Fsp3) is 0.0800. The minimum Gasteiger partial charge on any atom is -0.545 e. The Kier molecular flexibility index (Phi) is 6.55. The number of rotatable bonds is 6. The van der Waals surface area contributed by atoms with Crippen molar-refractivity contribution in [1.82, 2.24) is 4.90 Å². The Morgan fingerprint density at radius 3 is 2.45 bits per heavy atom. The molecule has 166 valence electrons. The van der Waals surface area contributed by atoms with E-state index in [1.807, 2.05) is 12.1 Å². The number of carboxylic acid groups (broad SMARTS) is 1. The number of aliphatic imine (C=N–C) groups is 1. The summed E-state index contributed by atoms with van der Waals surface area (Å²) in [6.45, 7) is 0.121. The van der Waals surface area contributed by atoms with Gasteiger partial charge in [0.1, 0.15) is 18.2 Å². The van der Waals surface area contributed by atoms with Gasteiger partial charge in [-0.2, -0.15) is 0 Å². The maximum Gasteiger partial charge on any atom is 0.266 e. The fourth-order valence-electron chi connectivity index (χ4n) is 3.02. The highest BCUT2D eigenvalue weighted by Crippen LogP contribution is 2.33. The molecule has 1 heterocycles. The van der Waals surface area contributed by atoms with Gasteiger partial charge in [0.2, 0.25) is 0 Å². The van der Waals surface area contributed by atoms with E-state index in [1.54, 1.807) is 55.6 Å². The summed E-state index contributed by atoms with van der Waals surface area (Å²) in [5.74, 6) is -1.17. The standard InChI is InChI=1S/C25H19FN2O4S/c1-28-23(29)22(33-25(28)27-19-10-8-17(9-11-19)24(30)31)14-16-6-12-20(13-7-16)32-15-18-4-2-3-5-21(18)26/h2-14H,15H2,1H3,(H,30,31)/p-1/b22-14-,27-25?. The quantitative estimate of drug-likeness (QED) is 0.518. The first-order valence-electron chi connectivity index (χ1n) is 9.95. The molecule has 4 rings (SSSR count). The highest BCUT2D eigenvalue weighted by molar-refractivity contribution is 8.18. The molecule has 0 atom stereocenters. The number of benzene rings is 3. The maximum atomic E-state index is 13.7. The maximum absolute atomic E-state index is 13.7. The van der Waals surface area contributed by atoms with Crippen molar-refractivity contribution in [1.29, 1.82) is 0 Å². The lowest BCUT2D eigenvalue weighted by molar-refractivity contribution is -0.255. The van der Waals surface area contributed by atoms with Crippen LogP contribution in [0.4, 0.5) is 10.1 Å². The van der Waals surface area contributed by atoms with Gasteiger partial charge in [0, 0.05) is 12.6 Å². The number of nitrogens with zero attached hydrogens (tertiary/aromatic N) is 2. The zero-order valence-corrected chi connectivity index (χ0v) is 18.3. The SMILES string of the molecule is CN1C(=O)/C(=C/c2ccc(OCc3ccccc3F)cc2)SC1=Nc1ccc(C(=O)[O-])cc1. The Hall–Kier alpha value is -3.91. The van der Waals surface area contributed by atoms with E-state index in [-0.39, 0.29) is 23.9 Å². The minimum absolute atomic E-state index is 0.0596. The normalized spacial score (nSPS) is 15.9. The lowest BCUT2D eigenvalue weighted by Crippen LogP contribution is -2.23. The van der Waals surface area contributed by atoms with E-state index in [4.69, 9.17) is 4.74 Å². The number of amidine groups is 1. The number of ether oxygens (including phenoxy) is 1. The topological polar surface area (TPSA) is 82.0 Å². The molecule has 0 unspecified atom stereocenters. The monoisotopic (exact) mass is 461 g/mol. The number of carboxylic acids is 1. The van der Waals surface area contributed by atoms with Crippen LogP contribution < -0.4 is 9.84 Å². The fourth-order valence-corrected chi connectivity index (χ4v) is 4.01. The van der Waals surface area contributed by atoms with Crippen LogP contribution >= 0.6 is 11.8 Å². The number of aromatic carboxylic acids is 1. The molecule has 0 aromatic heterocycles. The van der Waals surface area contributed by atoms with Gasteiger partial charge in [-0.25, -0.2) is 9.38 Å². The van der Waals surface area contributed by atoms with E-state index < -0.39 is 5.97 Å². The molecule has 1 amide bonds. The number of hydrogen-bond acceptors (Lipinski definition) is 6. The van der Waals surface area contributed by atoms with Crippen LogP contribution in [0.1, 0.15) is 21.5 Å². The van der Waals surface area contributed by atoms with E-state index in [9.17, 15) is 19.1 Å². The minimum atomic E-state index is -1.26. The molecule has 1 aliphatic heterocycles. The molecule has 1 saturated heterocycles. The number of carbonyl (C=O) groups excluding carboxylic acids is 2. The first kappa shape index (κ1) is 22.3. The smallest absolute Gasteiger partial charge is 0.266 e. The highest BCUT2D eigenvalue weighted by Gasteiger charge is 2.30. The molecular weight excluding hydrogens is 443 g/mol. The summed E-state index contributed by atoms with van der Waals surface area (Å²) in [6.07, 6.45) is 1.76. The van der Waals surface area contributed by atoms with Crippen molar-refractivity contribution in [3.63, 3.8) is 0 Å². The molecule has 0 spiro atoms. The first-order valence-corrected chi connectivity index (χ1v) is 10.8. The molecule has 0 radical (unpaired) electrons. The third kappa shape index (κ3) is 5.30. The van der Waals surface area contributed by atoms with Crippen LogP contribution in [0.15, 0.2) is 82.7 Å². The lowest BCUT2D eigenvalue weighted by Gasteiger charge is -2.08. The molecule has 0 saturated carbocycles. The van der Waals surface area contributed by atoms with Crippen LogP contribution in [0, 0.1) is 5.82 Å². The average molecular weight is 461 g/mol. The molecule has 33 heavy (non-hydrogen) atoms. The van der Waals surface area contributed by atoms with Gasteiger partial charge in [-0.3, -0.25) is 9.69 Å². The van der Waals surface area contributed by atoms with Gasteiger partial charge < -0.3 is 14.6 Å². The summed E-state index contributed by atoms with van der Waals surface area (Å²) in [7, 11) is 1.63. The van der Waals surface area contributed by atoms with Gasteiger partial charge in [0.15, 0.2) is 5.17 Å². The Morgan fingerprint density at radius 1 is 1.09 bits per heavy atom. The van der Waals surface area contributed by atoms with Crippen molar-refractivity contribution in [2.45, 2.75) is 6.61 Å². The van der Waals surface area contributed by atoms with Crippen LogP contribution in [0.2, 0.25) is 0 Å². The molecule has 1 fully saturated rings. The summed E-state index contributed by atoms with van der Waals surface area (Å²) in [5.41, 5.74) is 1.86. The van der Waals surface area contributed by atoms with E-state index in [2.05, 4.69) is 4.99 Å². The molecular formula is C25H18FN2O4S-. The average Bonchev–Trinajstić information content (AvgIpc) is 3.07. The second-order valence-electron chi connectivity index (χ2n) is 7.15. The number of halogens is 1. The van der Waals surface area contributed by atoms with Gasteiger partial charge in [0.05, 0.1) is 16.6 Å². The number of hydrogen-bond donors (Lipinski definition) is 0. The number of amides is 1. The van der Waals surface area contributed by atoms with Crippen LogP contribution in [0.25, 0.3) is 6.08 Å². The van der Waals surface area contributed by atoms with Gasteiger partial charge in [-0.05, 0) is 59.3 Å². The van der Waals surface area contributed by atoms with E-state index in [0.29, 0.717) is 27.1 Å². The van der Waals surface area contributed by atoms with Gasteiger partial charge in [-0.15, -0.1) is 0 Å². The van der Waals surface area contributed by atoms with E-state index in [0.717, 1.165) is 5.56 Å². The molecule has 3 aromatic carbocycles. The van der Waals surface area contributed by atoms with Gasteiger partial charge >= 0.3 is 0 Å². The largest absolute Gasteiger partial charge is 0.545 e. The van der Waals surface area contributed by atoms with Crippen molar-refractivity contribution in [2.24, 2.45) is 4.99 Å². The third-order valence-electron chi connectivity index (χ3n) is 4.86.